The molecule has 1 aromatic heterocycles. The van der Waals surface area contributed by atoms with Gasteiger partial charge in [-0.1, -0.05) is 34.1 Å². The van der Waals surface area contributed by atoms with Crippen LogP contribution >= 0.6 is 0 Å². The van der Waals surface area contributed by atoms with Crippen LogP contribution in [0.25, 0.3) is 0 Å². The summed E-state index contributed by atoms with van der Waals surface area (Å²) in [4.78, 5) is 4.54. The fraction of sp³-hybridized carbons (Fsp3) is 0.750. The Bertz CT molecular complexity index is 292. The van der Waals surface area contributed by atoms with E-state index in [0.29, 0.717) is 0 Å². The molecule has 0 radical (unpaired) electrons. The van der Waals surface area contributed by atoms with Crippen LogP contribution in [-0.4, -0.2) is 9.55 Å². The van der Waals surface area contributed by atoms with Gasteiger partial charge in [-0.2, -0.15) is 0 Å². The Hall–Kier alpha value is -0.790. The molecule has 0 atom stereocenters. The van der Waals surface area contributed by atoms with Crippen molar-refractivity contribution in [2.45, 2.75) is 59.4 Å². The second-order valence-corrected chi connectivity index (χ2v) is 4.82. The van der Waals surface area contributed by atoms with Crippen molar-refractivity contribution >= 4 is 0 Å². The average molecular weight is 194 g/mol. The quantitative estimate of drug-likeness (QED) is 0.722. The van der Waals surface area contributed by atoms with Gasteiger partial charge in [0.25, 0.3) is 0 Å². The molecule has 1 heterocycles. The largest absolute Gasteiger partial charge is 0.332 e. The highest BCUT2D eigenvalue weighted by Crippen LogP contribution is 2.22. The van der Waals surface area contributed by atoms with Crippen molar-refractivity contribution in [2.24, 2.45) is 0 Å². The molecule has 0 aromatic carbocycles. The molecule has 0 amide bonds. The van der Waals surface area contributed by atoms with Crippen molar-refractivity contribution in [3.05, 3.63) is 17.7 Å². The third-order valence-corrected chi connectivity index (χ3v) is 2.43. The third-order valence-electron chi connectivity index (χ3n) is 2.43. The molecular weight excluding hydrogens is 172 g/mol. The van der Waals surface area contributed by atoms with Crippen LogP contribution in [0.2, 0.25) is 0 Å². The number of hydrogen-bond donors (Lipinski definition) is 0. The van der Waals surface area contributed by atoms with Crippen molar-refractivity contribution in [2.75, 3.05) is 0 Å². The first-order valence-electron chi connectivity index (χ1n) is 5.55. The van der Waals surface area contributed by atoms with Gasteiger partial charge < -0.3 is 4.57 Å². The summed E-state index contributed by atoms with van der Waals surface area (Å²) < 4.78 is 2.35. The van der Waals surface area contributed by atoms with Crippen LogP contribution in [-0.2, 0) is 18.4 Å². The topological polar surface area (TPSA) is 17.8 Å². The predicted octanol–water partition coefficient (Wildman–Crippen LogP) is 3.15. The van der Waals surface area contributed by atoms with E-state index in [-0.39, 0.29) is 5.41 Å². The number of aromatic nitrogens is 2. The Balaban J connectivity index is 3.07. The first-order chi connectivity index (χ1) is 6.50. The molecule has 0 N–H and O–H groups in total. The second kappa shape index (κ2) is 4.16. The monoisotopic (exact) mass is 194 g/mol. The van der Waals surface area contributed by atoms with Crippen LogP contribution in [0, 0.1) is 0 Å². The van der Waals surface area contributed by atoms with Gasteiger partial charge in [0, 0.05) is 23.9 Å². The van der Waals surface area contributed by atoms with Crippen LogP contribution in [0.15, 0.2) is 6.20 Å². The summed E-state index contributed by atoms with van der Waals surface area (Å²) in [5, 5.41) is 0. The van der Waals surface area contributed by atoms with Crippen LogP contribution in [0.3, 0.4) is 0 Å². The van der Waals surface area contributed by atoms with Gasteiger partial charge in [0.1, 0.15) is 5.82 Å². The minimum absolute atomic E-state index is 0.155. The average Bonchev–Trinajstić information content (AvgIpc) is 2.47. The second-order valence-electron chi connectivity index (χ2n) is 4.82. The van der Waals surface area contributed by atoms with Crippen LogP contribution in [0.1, 0.15) is 52.6 Å². The minimum atomic E-state index is 0.155. The van der Waals surface area contributed by atoms with Crippen molar-refractivity contribution < 1.29 is 0 Å². The van der Waals surface area contributed by atoms with Gasteiger partial charge in [-0.15, -0.1) is 0 Å². The Kier molecular flexibility index (Phi) is 3.35. The maximum absolute atomic E-state index is 4.54. The van der Waals surface area contributed by atoms with E-state index >= 15 is 0 Å². The van der Waals surface area contributed by atoms with E-state index in [9.17, 15) is 0 Å². The lowest BCUT2D eigenvalue weighted by Crippen LogP contribution is -2.19. The normalized spacial score (nSPS) is 12.1. The summed E-state index contributed by atoms with van der Waals surface area (Å²) in [6.07, 6.45) is 4.36. The number of imidazole rings is 1. The van der Waals surface area contributed by atoms with Crippen LogP contribution in [0.5, 0.6) is 0 Å². The fourth-order valence-corrected chi connectivity index (χ4v) is 1.82. The zero-order chi connectivity index (χ0) is 10.8. The van der Waals surface area contributed by atoms with Gasteiger partial charge in [-0.25, -0.2) is 4.98 Å². The van der Waals surface area contributed by atoms with E-state index in [4.69, 9.17) is 0 Å². The molecule has 0 aliphatic heterocycles. The highest BCUT2D eigenvalue weighted by molar-refractivity contribution is 5.12. The lowest BCUT2D eigenvalue weighted by atomic mass is 9.95. The molecule has 0 fully saturated rings. The first-order valence-corrected chi connectivity index (χ1v) is 5.55. The summed E-state index contributed by atoms with van der Waals surface area (Å²) in [6, 6.07) is 0. The molecule has 2 heteroatoms. The lowest BCUT2D eigenvalue weighted by Gasteiger charge is -2.20. The van der Waals surface area contributed by atoms with E-state index in [1.165, 1.54) is 17.9 Å². The Morgan fingerprint density at radius 3 is 2.36 bits per heavy atom. The van der Waals surface area contributed by atoms with Crippen molar-refractivity contribution in [1.82, 2.24) is 9.55 Å². The lowest BCUT2D eigenvalue weighted by molar-refractivity contribution is 0.499. The Morgan fingerprint density at radius 1 is 1.29 bits per heavy atom. The molecule has 0 spiro atoms. The molecule has 0 saturated carbocycles. The molecule has 2 nitrogen and oxygen atoms in total. The van der Waals surface area contributed by atoms with Crippen molar-refractivity contribution in [3.8, 4) is 0 Å². The Labute approximate surface area is 87.4 Å². The summed E-state index contributed by atoms with van der Waals surface area (Å²) in [5.41, 5.74) is 1.53. The van der Waals surface area contributed by atoms with E-state index in [1.807, 2.05) is 6.20 Å². The van der Waals surface area contributed by atoms with E-state index in [2.05, 4.69) is 44.2 Å². The smallest absolute Gasteiger partial charge is 0.114 e. The number of rotatable bonds is 3. The summed E-state index contributed by atoms with van der Waals surface area (Å²) >= 11 is 0. The molecule has 1 aromatic rings. The maximum Gasteiger partial charge on any atom is 0.114 e. The standard InChI is InChI=1S/C12H22N2/c1-6-8-10-9-13-11(12(3,4)5)14(10)7-2/h9H,6-8H2,1-5H3. The van der Waals surface area contributed by atoms with Crippen molar-refractivity contribution in [3.63, 3.8) is 0 Å². The van der Waals surface area contributed by atoms with Gasteiger partial charge >= 0.3 is 0 Å². The zero-order valence-corrected chi connectivity index (χ0v) is 10.1. The molecule has 0 aliphatic carbocycles. The maximum atomic E-state index is 4.54. The van der Waals surface area contributed by atoms with E-state index in [1.54, 1.807) is 0 Å². The molecule has 80 valence electrons. The SMILES string of the molecule is CCCc1cnc(C(C)(C)C)n1CC. The number of aryl methyl sites for hydroxylation is 1. The molecule has 14 heavy (non-hydrogen) atoms. The molecule has 0 bridgehead atoms. The summed E-state index contributed by atoms with van der Waals surface area (Å²) in [7, 11) is 0. The fourth-order valence-electron chi connectivity index (χ4n) is 1.82. The van der Waals surface area contributed by atoms with Gasteiger partial charge in [-0.3, -0.25) is 0 Å². The summed E-state index contributed by atoms with van der Waals surface area (Å²) in [5.74, 6) is 1.21. The van der Waals surface area contributed by atoms with Crippen LogP contribution < -0.4 is 0 Å². The highest BCUT2D eigenvalue weighted by Gasteiger charge is 2.21. The number of nitrogens with zero attached hydrogens (tertiary/aromatic N) is 2. The van der Waals surface area contributed by atoms with Gasteiger partial charge in [-0.05, 0) is 13.3 Å². The van der Waals surface area contributed by atoms with Crippen LogP contribution in [0.4, 0.5) is 0 Å². The van der Waals surface area contributed by atoms with Gasteiger partial charge in [0.15, 0.2) is 0 Å². The Morgan fingerprint density at radius 2 is 1.93 bits per heavy atom. The highest BCUT2D eigenvalue weighted by atomic mass is 15.1. The molecular formula is C12H22N2. The van der Waals surface area contributed by atoms with Gasteiger partial charge in [0.2, 0.25) is 0 Å². The van der Waals surface area contributed by atoms with E-state index in [0.717, 1.165) is 13.0 Å². The minimum Gasteiger partial charge on any atom is -0.332 e. The third kappa shape index (κ3) is 2.17. The van der Waals surface area contributed by atoms with E-state index < -0.39 is 0 Å². The zero-order valence-electron chi connectivity index (χ0n) is 10.1. The molecule has 0 unspecified atom stereocenters. The molecule has 0 saturated heterocycles. The van der Waals surface area contributed by atoms with Gasteiger partial charge in [0.05, 0.1) is 0 Å². The number of hydrogen-bond acceptors (Lipinski definition) is 1. The predicted molar refractivity (Wildman–Crippen MR) is 60.6 cm³/mol. The first kappa shape index (κ1) is 11.3. The molecule has 1 rings (SSSR count). The summed E-state index contributed by atoms with van der Waals surface area (Å²) in [6.45, 7) is 12.1. The molecule has 0 aliphatic rings. The van der Waals surface area contributed by atoms with Crippen molar-refractivity contribution in [1.29, 1.82) is 0 Å².